The molecule has 0 bridgehead atoms. The molecule has 5 atom stereocenters. The minimum atomic E-state index is -1.24. The van der Waals surface area contributed by atoms with Crippen molar-refractivity contribution in [1.82, 2.24) is 15.5 Å². The molecule has 1 aromatic rings. The summed E-state index contributed by atoms with van der Waals surface area (Å²) in [6, 6.07) is 2.77. The number of carbonyl (C=O) groups excluding carboxylic acids is 2. The molecule has 1 saturated heterocycles. The maximum absolute atomic E-state index is 13.5. The van der Waals surface area contributed by atoms with Crippen molar-refractivity contribution < 1.29 is 34.4 Å². The smallest absolute Gasteiger partial charge is 0.326 e. The van der Waals surface area contributed by atoms with Crippen molar-refractivity contribution in [3.8, 4) is 5.75 Å². The van der Waals surface area contributed by atoms with Crippen LogP contribution in [0.5, 0.6) is 5.75 Å². The van der Waals surface area contributed by atoms with Gasteiger partial charge in [-0.05, 0) is 50.9 Å². The van der Waals surface area contributed by atoms with Crippen LogP contribution < -0.4 is 10.6 Å². The van der Waals surface area contributed by atoms with Crippen molar-refractivity contribution in [3.05, 3.63) is 29.8 Å². The minimum absolute atomic E-state index is 0.0249. The van der Waals surface area contributed by atoms with Crippen molar-refractivity contribution in [1.29, 1.82) is 0 Å². The second kappa shape index (κ2) is 11.1. The number of aliphatic hydroxyl groups excluding tert-OH is 1. The fourth-order valence-electron chi connectivity index (χ4n) is 3.86. The number of hydrogen-bond donors (Lipinski definition) is 5. The number of nitrogens with one attached hydrogen (secondary N) is 2. The molecule has 0 radical (unpaired) electrons. The number of carboxylic acid groups (broad SMARTS) is 1. The number of rotatable bonds is 9. The molecular formula is C21H31N3O7. The number of methoxy groups -OCH3 is 1. The Balaban J connectivity index is 2.42. The van der Waals surface area contributed by atoms with E-state index in [1.54, 1.807) is 12.1 Å². The number of phenolic OH excluding ortho intramolecular Hbond substituents is 1. The van der Waals surface area contributed by atoms with Gasteiger partial charge in [-0.25, -0.2) is 4.79 Å². The maximum Gasteiger partial charge on any atom is 0.326 e. The Hall–Kier alpha value is -2.69. The van der Waals surface area contributed by atoms with Crippen molar-refractivity contribution in [2.45, 2.75) is 56.5 Å². The van der Waals surface area contributed by atoms with Crippen LogP contribution in [-0.2, 0) is 19.1 Å². The average molecular weight is 437 g/mol. The number of likely N-dealkylation sites (tertiary alicyclic amines) is 1. The first-order valence-electron chi connectivity index (χ1n) is 10.2. The van der Waals surface area contributed by atoms with Crippen LogP contribution in [0.3, 0.4) is 0 Å². The summed E-state index contributed by atoms with van der Waals surface area (Å²) >= 11 is 0. The van der Waals surface area contributed by atoms with E-state index in [2.05, 4.69) is 10.6 Å². The zero-order valence-electron chi connectivity index (χ0n) is 17.9. The van der Waals surface area contributed by atoms with Crippen LogP contribution in [0, 0.1) is 0 Å². The molecule has 1 aromatic carbocycles. The van der Waals surface area contributed by atoms with E-state index >= 15 is 0 Å². The molecule has 10 nitrogen and oxygen atoms in total. The van der Waals surface area contributed by atoms with E-state index in [0.717, 1.165) is 0 Å². The molecule has 0 spiro atoms. The number of amides is 2. The van der Waals surface area contributed by atoms with Crippen molar-refractivity contribution in [2.75, 3.05) is 20.7 Å². The molecule has 0 aromatic heterocycles. The average Bonchev–Trinajstić information content (AvgIpc) is 2.74. The molecule has 5 N–H and O–H groups in total. The topological polar surface area (TPSA) is 148 Å². The zero-order valence-corrected chi connectivity index (χ0v) is 17.9. The number of aliphatic carboxylic acids is 1. The highest BCUT2D eigenvalue weighted by atomic mass is 16.5. The normalized spacial score (nSPS) is 20.4. The molecule has 1 aliphatic heterocycles. The second-order valence-electron chi connectivity index (χ2n) is 7.62. The third kappa shape index (κ3) is 5.93. The lowest BCUT2D eigenvalue weighted by Gasteiger charge is -2.38. The van der Waals surface area contributed by atoms with Gasteiger partial charge in [0.1, 0.15) is 30.0 Å². The third-order valence-corrected chi connectivity index (χ3v) is 5.49. The predicted molar refractivity (Wildman–Crippen MR) is 111 cm³/mol. The number of ether oxygens (including phenoxy) is 1. The summed E-state index contributed by atoms with van der Waals surface area (Å²) in [5.74, 6) is -2.29. The van der Waals surface area contributed by atoms with Gasteiger partial charge >= 0.3 is 5.97 Å². The summed E-state index contributed by atoms with van der Waals surface area (Å²) in [4.78, 5) is 39.3. The fraction of sp³-hybridized carbons (Fsp3) is 0.571. The lowest BCUT2D eigenvalue weighted by Crippen LogP contribution is -2.60. The summed E-state index contributed by atoms with van der Waals surface area (Å²) in [5.41, 5.74) is 0.515. The van der Waals surface area contributed by atoms with Gasteiger partial charge in [-0.3, -0.25) is 9.59 Å². The highest BCUT2D eigenvalue weighted by Crippen LogP contribution is 2.27. The molecule has 31 heavy (non-hydrogen) atoms. The molecule has 2 amide bonds. The summed E-state index contributed by atoms with van der Waals surface area (Å²) < 4.78 is 5.55. The van der Waals surface area contributed by atoms with Crippen LogP contribution >= 0.6 is 0 Å². The minimum Gasteiger partial charge on any atom is -0.508 e. The van der Waals surface area contributed by atoms with Gasteiger partial charge in [0.15, 0.2) is 0 Å². The lowest BCUT2D eigenvalue weighted by molar-refractivity contribution is -0.155. The van der Waals surface area contributed by atoms with Crippen molar-refractivity contribution in [3.63, 3.8) is 0 Å². The molecule has 1 aliphatic rings. The quantitative estimate of drug-likeness (QED) is 0.362. The Morgan fingerprint density at radius 3 is 2.32 bits per heavy atom. The molecule has 10 heteroatoms. The van der Waals surface area contributed by atoms with Crippen LogP contribution in [0.2, 0.25) is 0 Å². The van der Waals surface area contributed by atoms with Crippen LogP contribution in [0.15, 0.2) is 24.3 Å². The van der Waals surface area contributed by atoms with Gasteiger partial charge in [0, 0.05) is 13.7 Å². The number of hydrogen-bond acceptors (Lipinski definition) is 7. The molecule has 1 heterocycles. The van der Waals surface area contributed by atoms with E-state index < -0.39 is 48.1 Å². The number of likely N-dealkylation sites (N-methyl/N-ethyl adjacent to an activating group) is 1. The van der Waals surface area contributed by atoms with Gasteiger partial charge < -0.3 is 35.6 Å². The van der Waals surface area contributed by atoms with E-state index in [0.29, 0.717) is 24.8 Å². The zero-order chi connectivity index (χ0) is 23.1. The first-order chi connectivity index (χ1) is 14.7. The number of carbonyl (C=O) groups is 3. The molecule has 0 saturated carbocycles. The molecule has 0 aliphatic carbocycles. The Labute approximate surface area is 181 Å². The summed E-state index contributed by atoms with van der Waals surface area (Å²) in [6.07, 6.45) is -0.310. The molecule has 0 unspecified atom stereocenters. The Morgan fingerprint density at radius 1 is 1.16 bits per heavy atom. The number of benzene rings is 1. The maximum atomic E-state index is 13.5. The van der Waals surface area contributed by atoms with Gasteiger partial charge in [-0.1, -0.05) is 12.1 Å². The first kappa shape index (κ1) is 24.6. The van der Waals surface area contributed by atoms with E-state index in [9.17, 15) is 29.7 Å². The highest BCUT2D eigenvalue weighted by Gasteiger charge is 2.41. The van der Waals surface area contributed by atoms with Crippen molar-refractivity contribution in [2.24, 2.45) is 0 Å². The highest BCUT2D eigenvalue weighted by molar-refractivity contribution is 5.92. The van der Waals surface area contributed by atoms with E-state index in [4.69, 9.17) is 4.74 Å². The van der Waals surface area contributed by atoms with Gasteiger partial charge in [0.2, 0.25) is 11.8 Å². The molecule has 2 rings (SSSR count). The fourth-order valence-corrected chi connectivity index (χ4v) is 3.86. The van der Waals surface area contributed by atoms with Crippen LogP contribution in [0.1, 0.15) is 37.9 Å². The molecule has 172 valence electrons. The van der Waals surface area contributed by atoms with E-state index in [-0.39, 0.29) is 12.3 Å². The Bertz CT molecular complexity index is 769. The number of aromatic hydroxyl groups is 1. The number of carboxylic acids is 1. The predicted octanol–water partition coefficient (Wildman–Crippen LogP) is -0.001000. The lowest BCUT2D eigenvalue weighted by atomic mass is 9.96. The van der Waals surface area contributed by atoms with E-state index in [1.165, 1.54) is 38.1 Å². The largest absolute Gasteiger partial charge is 0.508 e. The first-order valence-corrected chi connectivity index (χ1v) is 10.2. The summed E-state index contributed by atoms with van der Waals surface area (Å²) in [6.45, 7) is 1.69. The Kier molecular flexibility index (Phi) is 8.78. The number of piperidine rings is 1. The second-order valence-corrected chi connectivity index (χ2v) is 7.62. The molecule has 1 fully saturated rings. The van der Waals surface area contributed by atoms with Crippen molar-refractivity contribution >= 4 is 17.8 Å². The van der Waals surface area contributed by atoms with E-state index in [1.807, 2.05) is 0 Å². The van der Waals surface area contributed by atoms with Gasteiger partial charge in [0.05, 0.1) is 6.10 Å². The monoisotopic (exact) mass is 437 g/mol. The number of nitrogens with zero attached hydrogens (tertiary/aromatic N) is 1. The third-order valence-electron chi connectivity index (χ3n) is 5.49. The van der Waals surface area contributed by atoms with Crippen LogP contribution in [0.25, 0.3) is 0 Å². The molecular weight excluding hydrogens is 406 g/mol. The summed E-state index contributed by atoms with van der Waals surface area (Å²) in [5, 5.41) is 34.4. The summed E-state index contributed by atoms with van der Waals surface area (Å²) in [7, 11) is 2.88. The number of phenols is 1. The van der Waals surface area contributed by atoms with Gasteiger partial charge in [0.25, 0.3) is 0 Å². The standard InChI is InChI=1S/C21H31N3O7/c1-12(25)16(22-2)19(27)23-17(18(31-3)13-7-9-14(26)10-8-13)20(28)24-11-5-4-6-15(24)21(29)30/h7-10,12,15-18,22,25-26H,4-6,11H2,1-3H3,(H,23,27)(H,29,30)/t12-,15+,16+,17+,18+/m1/s1. The van der Waals surface area contributed by atoms with Crippen LogP contribution in [-0.4, -0.2) is 82.9 Å². The van der Waals surface area contributed by atoms with Gasteiger partial charge in [-0.2, -0.15) is 0 Å². The SMILES string of the molecule is CN[C@H](C(=O)N[C@H](C(=O)N1CCCC[C@H]1C(=O)O)[C@@H](OC)c1ccc(O)cc1)[C@@H](C)O. The number of aliphatic hydroxyl groups is 1. The van der Waals surface area contributed by atoms with Gasteiger partial charge in [-0.15, -0.1) is 0 Å². The van der Waals surface area contributed by atoms with Crippen LogP contribution in [0.4, 0.5) is 0 Å². The Morgan fingerprint density at radius 2 is 1.81 bits per heavy atom.